The quantitative estimate of drug-likeness (QED) is 0.784. The van der Waals surface area contributed by atoms with Crippen molar-refractivity contribution in [3.8, 4) is 0 Å². The van der Waals surface area contributed by atoms with Crippen molar-refractivity contribution < 1.29 is 0 Å². The maximum atomic E-state index is 3.85. The maximum Gasteiger partial charge on any atom is 0.0599 e. The Labute approximate surface area is 162 Å². The van der Waals surface area contributed by atoms with Gasteiger partial charge in [0, 0.05) is 47.3 Å². The van der Waals surface area contributed by atoms with E-state index in [-0.39, 0.29) is 22.2 Å². The summed E-state index contributed by atoms with van der Waals surface area (Å²) in [6.45, 7) is 23.9. The summed E-state index contributed by atoms with van der Waals surface area (Å²) in [5, 5.41) is 7.70. The predicted molar refractivity (Wildman–Crippen MR) is 112 cm³/mol. The molecule has 3 heterocycles. The molecule has 3 rings (SSSR count). The van der Waals surface area contributed by atoms with Crippen molar-refractivity contribution in [1.82, 2.24) is 20.4 Å². The van der Waals surface area contributed by atoms with Gasteiger partial charge in [-0.1, -0.05) is 0 Å². The lowest BCUT2D eigenvalue weighted by molar-refractivity contribution is 0.00371. The molecule has 3 aliphatic rings. The van der Waals surface area contributed by atoms with Gasteiger partial charge in [0.15, 0.2) is 0 Å². The van der Waals surface area contributed by atoms with E-state index in [1.807, 2.05) is 0 Å². The van der Waals surface area contributed by atoms with Crippen LogP contribution in [0.2, 0.25) is 0 Å². The average Bonchev–Trinajstić information content (AvgIpc) is 2.73. The molecule has 4 nitrogen and oxygen atoms in total. The molecule has 3 aliphatic heterocycles. The molecule has 0 spiro atoms. The van der Waals surface area contributed by atoms with Crippen LogP contribution in [0.3, 0.4) is 0 Å². The Hall–Kier alpha value is -0.160. The van der Waals surface area contributed by atoms with Crippen molar-refractivity contribution >= 4 is 0 Å². The molecular formula is C22H44N4. The van der Waals surface area contributed by atoms with Crippen LogP contribution in [-0.4, -0.2) is 63.3 Å². The van der Waals surface area contributed by atoms with Crippen molar-refractivity contribution in [2.24, 2.45) is 0 Å². The lowest BCUT2D eigenvalue weighted by Crippen LogP contribution is -2.64. The second-order valence-corrected chi connectivity index (χ2v) is 12.0. The van der Waals surface area contributed by atoms with Crippen molar-refractivity contribution in [3.63, 3.8) is 0 Å². The molecule has 3 saturated heterocycles. The number of rotatable bonds is 2. The van der Waals surface area contributed by atoms with Crippen LogP contribution in [0.4, 0.5) is 0 Å². The highest BCUT2D eigenvalue weighted by atomic mass is 15.4. The molecule has 0 unspecified atom stereocenters. The van der Waals surface area contributed by atoms with E-state index in [2.05, 4.69) is 82.7 Å². The van der Waals surface area contributed by atoms with Crippen molar-refractivity contribution in [2.45, 2.75) is 128 Å². The third-order valence-electron chi connectivity index (χ3n) is 6.85. The third kappa shape index (κ3) is 4.45. The third-order valence-corrected chi connectivity index (χ3v) is 6.85. The first kappa shape index (κ1) is 20.6. The van der Waals surface area contributed by atoms with Crippen LogP contribution in [0, 0.1) is 0 Å². The van der Waals surface area contributed by atoms with Crippen LogP contribution in [0.1, 0.15) is 88.0 Å². The standard InChI is InChI=1S/C22H44N4/c1-16-25(17-12-19(2,3)23-20(4,5)13-17)10-11-26(16)18-14-21(6,7)24-22(8,9)15-18/h16-18,23-24H,10-15H2,1-9H3. The van der Waals surface area contributed by atoms with Gasteiger partial charge in [-0.05, 0) is 88.0 Å². The zero-order valence-electron chi connectivity index (χ0n) is 18.9. The highest BCUT2D eigenvalue weighted by Crippen LogP contribution is 2.38. The normalized spacial score (nSPS) is 33.6. The van der Waals surface area contributed by atoms with Gasteiger partial charge in [0.1, 0.15) is 0 Å². The molecule has 0 saturated carbocycles. The number of hydrogen-bond acceptors (Lipinski definition) is 4. The predicted octanol–water partition coefficient (Wildman–Crippen LogP) is 3.57. The molecule has 0 bridgehead atoms. The topological polar surface area (TPSA) is 30.5 Å². The SMILES string of the molecule is CC1N(C2CC(C)(C)NC(C)(C)C2)CCN1C1CC(C)(C)NC(C)(C)C1. The highest BCUT2D eigenvalue weighted by Gasteiger charge is 2.47. The van der Waals surface area contributed by atoms with Gasteiger partial charge >= 0.3 is 0 Å². The summed E-state index contributed by atoms with van der Waals surface area (Å²) in [5.41, 5.74) is 0.882. The fourth-order valence-corrected chi connectivity index (χ4v) is 6.78. The molecule has 2 N–H and O–H groups in total. The maximum absolute atomic E-state index is 3.85. The Kier molecular flexibility index (Phi) is 5.09. The number of piperidine rings is 2. The smallest absolute Gasteiger partial charge is 0.0599 e. The zero-order valence-corrected chi connectivity index (χ0v) is 18.9. The lowest BCUT2D eigenvalue weighted by Gasteiger charge is -2.52. The monoisotopic (exact) mass is 364 g/mol. The minimum absolute atomic E-state index is 0.221. The molecule has 3 fully saturated rings. The molecule has 0 aromatic carbocycles. The van der Waals surface area contributed by atoms with E-state index in [1.165, 1.54) is 38.8 Å². The molecule has 0 aromatic rings. The number of hydrogen-bond donors (Lipinski definition) is 2. The van der Waals surface area contributed by atoms with Gasteiger partial charge in [-0.3, -0.25) is 9.80 Å². The van der Waals surface area contributed by atoms with Crippen LogP contribution in [0.15, 0.2) is 0 Å². The molecule has 152 valence electrons. The molecular weight excluding hydrogens is 320 g/mol. The minimum atomic E-state index is 0.221. The van der Waals surface area contributed by atoms with Crippen LogP contribution in [-0.2, 0) is 0 Å². The minimum Gasteiger partial charge on any atom is -0.307 e. The zero-order chi connectivity index (χ0) is 19.5. The number of nitrogens with zero attached hydrogens (tertiary/aromatic N) is 2. The molecule has 0 aromatic heterocycles. The van der Waals surface area contributed by atoms with Gasteiger partial charge in [0.05, 0.1) is 6.17 Å². The molecule has 26 heavy (non-hydrogen) atoms. The van der Waals surface area contributed by atoms with Crippen LogP contribution < -0.4 is 10.6 Å². The van der Waals surface area contributed by atoms with Crippen molar-refractivity contribution in [3.05, 3.63) is 0 Å². The molecule has 0 radical (unpaired) electrons. The van der Waals surface area contributed by atoms with E-state index in [1.54, 1.807) is 0 Å². The van der Waals surface area contributed by atoms with Crippen molar-refractivity contribution in [2.75, 3.05) is 13.1 Å². The van der Waals surface area contributed by atoms with Gasteiger partial charge < -0.3 is 10.6 Å². The molecule has 0 aliphatic carbocycles. The van der Waals surface area contributed by atoms with E-state index in [4.69, 9.17) is 0 Å². The highest BCUT2D eigenvalue weighted by molar-refractivity contribution is 5.05. The largest absolute Gasteiger partial charge is 0.307 e. The Morgan fingerprint density at radius 1 is 0.577 bits per heavy atom. The number of nitrogens with one attached hydrogen (secondary N) is 2. The first-order valence-electron chi connectivity index (χ1n) is 10.8. The van der Waals surface area contributed by atoms with E-state index >= 15 is 0 Å². The molecule has 0 amide bonds. The van der Waals surface area contributed by atoms with Gasteiger partial charge in [0.25, 0.3) is 0 Å². The fraction of sp³-hybridized carbons (Fsp3) is 1.00. The summed E-state index contributed by atoms with van der Waals surface area (Å²) in [4.78, 5) is 5.62. The average molecular weight is 365 g/mol. The Bertz CT molecular complexity index is 444. The molecule has 0 atom stereocenters. The molecule has 4 heteroatoms. The first-order valence-corrected chi connectivity index (χ1v) is 10.8. The lowest BCUT2D eigenvalue weighted by atomic mass is 9.78. The summed E-state index contributed by atoms with van der Waals surface area (Å²) in [5.74, 6) is 0. The van der Waals surface area contributed by atoms with Crippen LogP contribution in [0.5, 0.6) is 0 Å². The Balaban J connectivity index is 1.73. The van der Waals surface area contributed by atoms with E-state index in [9.17, 15) is 0 Å². The van der Waals surface area contributed by atoms with E-state index < -0.39 is 0 Å². The second kappa shape index (κ2) is 6.43. The van der Waals surface area contributed by atoms with Crippen LogP contribution >= 0.6 is 0 Å². The fourth-order valence-electron chi connectivity index (χ4n) is 6.78. The van der Waals surface area contributed by atoms with E-state index in [0.29, 0.717) is 18.2 Å². The van der Waals surface area contributed by atoms with E-state index in [0.717, 1.165) is 0 Å². The van der Waals surface area contributed by atoms with Gasteiger partial charge in [-0.2, -0.15) is 0 Å². The van der Waals surface area contributed by atoms with Gasteiger partial charge in [0.2, 0.25) is 0 Å². The first-order chi connectivity index (χ1) is 11.7. The summed E-state index contributed by atoms with van der Waals surface area (Å²) in [6.07, 6.45) is 5.55. The summed E-state index contributed by atoms with van der Waals surface area (Å²) in [6, 6.07) is 1.37. The summed E-state index contributed by atoms with van der Waals surface area (Å²) < 4.78 is 0. The van der Waals surface area contributed by atoms with Gasteiger partial charge in [-0.25, -0.2) is 0 Å². The Morgan fingerprint density at radius 3 is 1.12 bits per heavy atom. The summed E-state index contributed by atoms with van der Waals surface area (Å²) >= 11 is 0. The summed E-state index contributed by atoms with van der Waals surface area (Å²) in [7, 11) is 0. The van der Waals surface area contributed by atoms with Crippen LogP contribution in [0.25, 0.3) is 0 Å². The Morgan fingerprint density at radius 2 is 0.846 bits per heavy atom. The van der Waals surface area contributed by atoms with Gasteiger partial charge in [-0.15, -0.1) is 0 Å². The van der Waals surface area contributed by atoms with Crippen molar-refractivity contribution in [1.29, 1.82) is 0 Å². The second-order valence-electron chi connectivity index (χ2n) is 12.0.